The lowest BCUT2D eigenvalue weighted by Crippen LogP contribution is -1.83. The third-order valence-electron chi connectivity index (χ3n) is 1.62. The molecule has 12 heavy (non-hydrogen) atoms. The van der Waals surface area contributed by atoms with Crippen molar-refractivity contribution in [3.63, 3.8) is 0 Å². The summed E-state index contributed by atoms with van der Waals surface area (Å²) in [6.07, 6.45) is 6.47. The van der Waals surface area contributed by atoms with Crippen molar-refractivity contribution in [1.82, 2.24) is 9.97 Å². The van der Waals surface area contributed by atoms with Crippen LogP contribution in [-0.4, -0.2) is 9.97 Å². The highest BCUT2D eigenvalue weighted by Crippen LogP contribution is 2.22. The molecule has 0 atom stereocenters. The number of nitrogens with zero attached hydrogens (tertiary/aromatic N) is 2. The molecule has 2 rings (SSSR count). The smallest absolute Gasteiger partial charge is 0.125 e. The molecular formula is C9H7N2S. The summed E-state index contributed by atoms with van der Waals surface area (Å²) in [7, 11) is 0. The normalized spacial score (nSPS) is 10.1. The zero-order chi connectivity index (χ0) is 8.39. The second kappa shape index (κ2) is 3.03. The minimum Gasteiger partial charge on any atom is -0.254 e. The van der Waals surface area contributed by atoms with Gasteiger partial charge in [-0.25, -0.2) is 4.98 Å². The predicted octanol–water partition coefficient (Wildman–Crippen LogP) is 2.31. The molecule has 0 aliphatic carbocycles. The van der Waals surface area contributed by atoms with Crippen molar-refractivity contribution in [2.45, 2.75) is 6.92 Å². The summed E-state index contributed by atoms with van der Waals surface area (Å²) < 4.78 is 0. The second-order valence-corrected chi connectivity index (χ2v) is 3.35. The van der Waals surface area contributed by atoms with E-state index >= 15 is 0 Å². The van der Waals surface area contributed by atoms with E-state index in [1.807, 2.05) is 18.4 Å². The third-order valence-corrected chi connectivity index (χ3v) is 2.41. The molecule has 59 valence electrons. The first-order valence-corrected chi connectivity index (χ1v) is 4.49. The quantitative estimate of drug-likeness (QED) is 0.664. The minimum absolute atomic E-state index is 0.987. The van der Waals surface area contributed by atoms with E-state index in [0.29, 0.717) is 0 Å². The molecule has 2 aromatic rings. The molecule has 0 unspecified atom stereocenters. The fraction of sp³-hybridized carbons (Fsp3) is 0.111. The average molecular weight is 175 g/mol. The van der Waals surface area contributed by atoms with E-state index in [0.717, 1.165) is 10.6 Å². The molecule has 2 aromatic heterocycles. The highest BCUT2D eigenvalue weighted by Gasteiger charge is 2.03. The molecular weight excluding hydrogens is 168 g/mol. The molecule has 1 radical (unpaired) electrons. The van der Waals surface area contributed by atoms with Gasteiger partial charge in [-0.15, -0.1) is 11.3 Å². The van der Waals surface area contributed by atoms with Gasteiger partial charge in [-0.1, -0.05) is 0 Å². The number of hydrogen-bond donors (Lipinski definition) is 0. The summed E-state index contributed by atoms with van der Waals surface area (Å²) in [5, 5.41) is 2.94. The summed E-state index contributed by atoms with van der Waals surface area (Å²) in [5.74, 6) is 0. The Morgan fingerprint density at radius 2 is 2.33 bits per heavy atom. The molecule has 0 N–H and O–H groups in total. The van der Waals surface area contributed by atoms with Gasteiger partial charge in [0.05, 0.1) is 6.20 Å². The van der Waals surface area contributed by atoms with Crippen LogP contribution in [0, 0.1) is 13.1 Å². The van der Waals surface area contributed by atoms with E-state index < -0.39 is 0 Å². The predicted molar refractivity (Wildman–Crippen MR) is 48.9 cm³/mol. The van der Waals surface area contributed by atoms with Gasteiger partial charge in [0, 0.05) is 23.3 Å². The number of pyridine rings is 1. The Hall–Kier alpha value is -1.22. The fourth-order valence-corrected chi connectivity index (χ4v) is 1.68. The van der Waals surface area contributed by atoms with Crippen molar-refractivity contribution in [2.75, 3.05) is 0 Å². The number of aryl methyl sites for hydroxylation is 1. The lowest BCUT2D eigenvalue weighted by Gasteiger charge is -1.97. The highest BCUT2D eigenvalue weighted by molar-refractivity contribution is 7.13. The Labute approximate surface area is 74.9 Å². The third kappa shape index (κ3) is 1.23. The first-order chi connectivity index (χ1) is 5.88. The van der Waals surface area contributed by atoms with Gasteiger partial charge in [-0.3, -0.25) is 4.98 Å². The van der Waals surface area contributed by atoms with Crippen LogP contribution in [0.25, 0.3) is 10.6 Å². The molecule has 0 saturated carbocycles. The molecule has 0 amide bonds. The molecule has 0 bridgehead atoms. The van der Waals surface area contributed by atoms with Crippen LogP contribution in [0.3, 0.4) is 0 Å². The van der Waals surface area contributed by atoms with Crippen LogP contribution >= 0.6 is 11.3 Å². The maximum Gasteiger partial charge on any atom is 0.125 e. The second-order valence-electron chi connectivity index (χ2n) is 2.45. The van der Waals surface area contributed by atoms with Gasteiger partial charge < -0.3 is 0 Å². The maximum absolute atomic E-state index is 4.19. The molecule has 3 heteroatoms. The largest absolute Gasteiger partial charge is 0.254 e. The van der Waals surface area contributed by atoms with Crippen molar-refractivity contribution < 1.29 is 0 Å². The van der Waals surface area contributed by atoms with Gasteiger partial charge in [-0.2, -0.15) is 0 Å². The summed E-state index contributed by atoms with van der Waals surface area (Å²) in [6.45, 7) is 2.04. The minimum atomic E-state index is 0.987. The molecule has 0 fully saturated rings. The zero-order valence-electron chi connectivity index (χ0n) is 6.61. The average Bonchev–Trinajstić information content (AvgIpc) is 2.57. The van der Waals surface area contributed by atoms with Crippen LogP contribution in [0.4, 0.5) is 0 Å². The standard InChI is InChI=1S/C9H7N2S/c1-7-2-3-10-6-8(7)9-11-4-5-12-9/h2-5H,1H3. The van der Waals surface area contributed by atoms with Crippen LogP contribution < -0.4 is 0 Å². The summed E-state index contributed by atoms with van der Waals surface area (Å²) in [6, 6.07) is 1.97. The van der Waals surface area contributed by atoms with Crippen LogP contribution in [0.15, 0.2) is 23.8 Å². The zero-order valence-corrected chi connectivity index (χ0v) is 7.43. The summed E-state index contributed by atoms with van der Waals surface area (Å²) in [4.78, 5) is 8.14. The van der Waals surface area contributed by atoms with Crippen LogP contribution in [0.5, 0.6) is 0 Å². The lowest BCUT2D eigenvalue weighted by atomic mass is 10.2. The van der Waals surface area contributed by atoms with E-state index in [2.05, 4.69) is 16.2 Å². The Bertz CT molecular complexity index is 368. The van der Waals surface area contributed by atoms with Gasteiger partial charge in [-0.05, 0) is 18.6 Å². The first kappa shape index (κ1) is 7.43. The van der Waals surface area contributed by atoms with Crippen molar-refractivity contribution in [3.8, 4) is 10.6 Å². The van der Waals surface area contributed by atoms with E-state index in [1.165, 1.54) is 5.56 Å². The topological polar surface area (TPSA) is 25.8 Å². The van der Waals surface area contributed by atoms with E-state index in [9.17, 15) is 0 Å². The Morgan fingerprint density at radius 1 is 1.42 bits per heavy atom. The lowest BCUT2D eigenvalue weighted by molar-refractivity contribution is 1.26. The van der Waals surface area contributed by atoms with E-state index in [1.54, 1.807) is 23.7 Å². The van der Waals surface area contributed by atoms with Crippen LogP contribution in [0.1, 0.15) is 5.56 Å². The van der Waals surface area contributed by atoms with E-state index in [4.69, 9.17) is 0 Å². The van der Waals surface area contributed by atoms with Crippen LogP contribution in [-0.2, 0) is 0 Å². The van der Waals surface area contributed by atoms with Crippen molar-refractivity contribution in [2.24, 2.45) is 0 Å². The van der Waals surface area contributed by atoms with Crippen molar-refractivity contribution in [3.05, 3.63) is 35.6 Å². The Kier molecular flexibility index (Phi) is 1.87. The molecule has 0 spiro atoms. The van der Waals surface area contributed by atoms with Gasteiger partial charge in [0.15, 0.2) is 0 Å². The van der Waals surface area contributed by atoms with Gasteiger partial charge in [0.1, 0.15) is 5.01 Å². The van der Waals surface area contributed by atoms with Gasteiger partial charge in [0.2, 0.25) is 0 Å². The molecule has 0 saturated heterocycles. The van der Waals surface area contributed by atoms with Crippen LogP contribution in [0.2, 0.25) is 0 Å². The maximum atomic E-state index is 4.19. The number of thiazole rings is 1. The first-order valence-electron chi connectivity index (χ1n) is 3.61. The number of aromatic nitrogens is 2. The molecule has 0 aromatic carbocycles. The van der Waals surface area contributed by atoms with Crippen molar-refractivity contribution >= 4 is 11.3 Å². The van der Waals surface area contributed by atoms with E-state index in [-0.39, 0.29) is 0 Å². The fourth-order valence-electron chi connectivity index (χ4n) is 0.986. The molecule has 2 nitrogen and oxygen atoms in total. The highest BCUT2D eigenvalue weighted by atomic mass is 32.1. The monoisotopic (exact) mass is 175 g/mol. The summed E-state index contributed by atoms with van der Waals surface area (Å²) in [5.41, 5.74) is 2.17. The van der Waals surface area contributed by atoms with Gasteiger partial charge in [0.25, 0.3) is 0 Å². The van der Waals surface area contributed by atoms with Crippen molar-refractivity contribution in [1.29, 1.82) is 0 Å². The Balaban J connectivity index is 2.55. The molecule has 2 heterocycles. The number of rotatable bonds is 1. The Morgan fingerprint density at radius 3 is 3.00 bits per heavy atom. The summed E-state index contributed by atoms with van der Waals surface area (Å²) >= 11 is 1.61. The van der Waals surface area contributed by atoms with Gasteiger partial charge >= 0.3 is 0 Å². The SMILES string of the molecule is Cc1ccn[c]c1-c1nccs1. The molecule has 0 aliphatic heterocycles. The molecule has 0 aliphatic rings. The number of hydrogen-bond acceptors (Lipinski definition) is 3.